The summed E-state index contributed by atoms with van der Waals surface area (Å²) >= 11 is 0. The molecule has 8 heteroatoms. The standard InChI is InChI=1S/C24H25F5O3/c1-5-6-14-7-8-17(31-11-14)21(28)19(26)16-10-15-9-12(2)23(18(25)13(3)30-4)32-24(15)22(29)20(16)27/h10,14,17H,2-3,5-9,11H2,1,4H3/b21-19+,23-18-. The Hall–Kier alpha value is -2.61. The highest BCUT2D eigenvalue weighted by atomic mass is 19.2. The molecule has 32 heavy (non-hydrogen) atoms. The summed E-state index contributed by atoms with van der Waals surface area (Å²) in [7, 11) is 1.18. The van der Waals surface area contributed by atoms with Gasteiger partial charge in [-0.1, -0.05) is 26.5 Å². The number of allylic oxidation sites excluding steroid dienone is 2. The van der Waals surface area contributed by atoms with Crippen molar-refractivity contribution in [1.29, 1.82) is 0 Å². The average molecular weight is 456 g/mol. The maximum Gasteiger partial charge on any atom is 0.207 e. The molecule has 0 aliphatic carbocycles. The van der Waals surface area contributed by atoms with Gasteiger partial charge in [0.15, 0.2) is 34.7 Å². The second kappa shape index (κ2) is 9.90. The molecule has 2 atom stereocenters. The van der Waals surface area contributed by atoms with Crippen LogP contribution in [-0.2, 0) is 15.9 Å². The van der Waals surface area contributed by atoms with Gasteiger partial charge >= 0.3 is 0 Å². The summed E-state index contributed by atoms with van der Waals surface area (Å²) in [5.74, 6) is -8.25. The van der Waals surface area contributed by atoms with Crippen molar-refractivity contribution in [3.05, 3.63) is 70.7 Å². The number of methoxy groups -OCH3 is 1. The van der Waals surface area contributed by atoms with E-state index in [1.807, 2.05) is 6.92 Å². The smallest absolute Gasteiger partial charge is 0.207 e. The van der Waals surface area contributed by atoms with Crippen LogP contribution in [0.15, 0.2) is 48.0 Å². The van der Waals surface area contributed by atoms with Crippen LogP contribution in [0.25, 0.3) is 5.83 Å². The molecule has 2 heterocycles. The van der Waals surface area contributed by atoms with Gasteiger partial charge < -0.3 is 14.2 Å². The van der Waals surface area contributed by atoms with Crippen LogP contribution in [-0.4, -0.2) is 19.8 Å². The van der Waals surface area contributed by atoms with Crippen LogP contribution in [0.3, 0.4) is 0 Å². The fraction of sp³-hybridized carbons (Fsp3) is 0.417. The lowest BCUT2D eigenvalue weighted by Gasteiger charge is -2.28. The molecule has 0 spiro atoms. The Morgan fingerprint density at radius 3 is 2.50 bits per heavy atom. The predicted molar refractivity (Wildman–Crippen MR) is 111 cm³/mol. The second-order valence-corrected chi connectivity index (χ2v) is 7.91. The molecule has 0 radical (unpaired) electrons. The van der Waals surface area contributed by atoms with Crippen molar-refractivity contribution < 1.29 is 36.2 Å². The molecule has 0 amide bonds. The molecule has 1 aromatic rings. The van der Waals surface area contributed by atoms with Gasteiger partial charge in [-0.05, 0) is 36.8 Å². The molecule has 1 aromatic carbocycles. The molecule has 2 aliphatic rings. The van der Waals surface area contributed by atoms with Gasteiger partial charge in [-0.15, -0.1) is 0 Å². The lowest BCUT2D eigenvalue weighted by molar-refractivity contribution is -0.00847. The van der Waals surface area contributed by atoms with Gasteiger partial charge in [-0.3, -0.25) is 0 Å². The predicted octanol–water partition coefficient (Wildman–Crippen LogP) is 7.00. The largest absolute Gasteiger partial charge is 0.494 e. The molecular formula is C24H25F5O3. The molecule has 174 valence electrons. The Bertz CT molecular complexity index is 988. The molecule has 0 aromatic heterocycles. The topological polar surface area (TPSA) is 27.7 Å². The highest BCUT2D eigenvalue weighted by molar-refractivity contribution is 5.66. The van der Waals surface area contributed by atoms with Crippen LogP contribution in [0.4, 0.5) is 22.0 Å². The number of ether oxygens (including phenoxy) is 3. The maximum absolute atomic E-state index is 14.9. The second-order valence-electron chi connectivity index (χ2n) is 7.91. The summed E-state index contributed by atoms with van der Waals surface area (Å²) in [5, 5.41) is 0. The van der Waals surface area contributed by atoms with E-state index in [2.05, 4.69) is 17.9 Å². The van der Waals surface area contributed by atoms with Crippen molar-refractivity contribution in [3.8, 4) is 5.75 Å². The highest BCUT2D eigenvalue weighted by Crippen LogP contribution is 2.41. The van der Waals surface area contributed by atoms with E-state index in [9.17, 15) is 22.0 Å². The van der Waals surface area contributed by atoms with Crippen LogP contribution < -0.4 is 4.74 Å². The zero-order valence-electron chi connectivity index (χ0n) is 18.0. The maximum atomic E-state index is 14.9. The Morgan fingerprint density at radius 2 is 1.91 bits per heavy atom. The molecule has 1 saturated heterocycles. The quantitative estimate of drug-likeness (QED) is 0.341. The Balaban J connectivity index is 1.94. The van der Waals surface area contributed by atoms with E-state index in [1.54, 1.807) is 0 Å². The Kier molecular flexibility index (Phi) is 7.44. The molecular weight excluding hydrogens is 431 g/mol. The first-order valence-corrected chi connectivity index (χ1v) is 10.4. The minimum atomic E-state index is -1.64. The van der Waals surface area contributed by atoms with Gasteiger partial charge in [0.05, 0.1) is 19.3 Å². The number of hydrogen-bond donors (Lipinski definition) is 0. The summed E-state index contributed by atoms with van der Waals surface area (Å²) in [6.07, 6.45) is 1.45. The van der Waals surface area contributed by atoms with Crippen molar-refractivity contribution in [1.82, 2.24) is 0 Å². The third-order valence-electron chi connectivity index (χ3n) is 5.65. The molecule has 1 fully saturated rings. The lowest BCUT2D eigenvalue weighted by Crippen LogP contribution is -2.26. The molecule has 0 N–H and O–H groups in total. The third kappa shape index (κ3) is 4.60. The molecule has 0 saturated carbocycles. The van der Waals surface area contributed by atoms with Crippen molar-refractivity contribution in [3.63, 3.8) is 0 Å². The van der Waals surface area contributed by atoms with E-state index in [0.29, 0.717) is 6.42 Å². The van der Waals surface area contributed by atoms with Gasteiger partial charge in [0.2, 0.25) is 11.6 Å². The Labute approximate surface area is 183 Å². The van der Waals surface area contributed by atoms with E-state index in [0.717, 1.165) is 18.9 Å². The third-order valence-corrected chi connectivity index (χ3v) is 5.65. The molecule has 3 rings (SSSR count). The van der Waals surface area contributed by atoms with E-state index in [1.165, 1.54) is 7.11 Å². The van der Waals surface area contributed by atoms with E-state index >= 15 is 0 Å². The van der Waals surface area contributed by atoms with Gasteiger partial charge in [0, 0.05) is 12.0 Å². The van der Waals surface area contributed by atoms with Crippen LogP contribution in [0.5, 0.6) is 5.75 Å². The molecule has 3 nitrogen and oxygen atoms in total. The first kappa shape index (κ1) is 24.0. The number of fused-ring (bicyclic) bond motifs is 1. The summed E-state index contributed by atoms with van der Waals surface area (Å²) in [5.41, 5.74) is -0.810. The van der Waals surface area contributed by atoms with Crippen LogP contribution in [0.2, 0.25) is 0 Å². The van der Waals surface area contributed by atoms with Gasteiger partial charge in [-0.25, -0.2) is 13.2 Å². The zero-order valence-corrected chi connectivity index (χ0v) is 18.0. The van der Waals surface area contributed by atoms with Gasteiger partial charge in [0.25, 0.3) is 0 Å². The summed E-state index contributed by atoms with van der Waals surface area (Å²) < 4.78 is 88.7. The highest BCUT2D eigenvalue weighted by Gasteiger charge is 2.33. The van der Waals surface area contributed by atoms with Crippen molar-refractivity contribution in [2.75, 3.05) is 13.7 Å². The zero-order chi connectivity index (χ0) is 23.6. The monoisotopic (exact) mass is 456 g/mol. The van der Waals surface area contributed by atoms with Crippen LogP contribution >= 0.6 is 0 Å². The fourth-order valence-corrected chi connectivity index (χ4v) is 3.88. The van der Waals surface area contributed by atoms with Gasteiger partial charge in [0.1, 0.15) is 6.10 Å². The number of benzene rings is 1. The van der Waals surface area contributed by atoms with E-state index in [-0.39, 0.29) is 42.3 Å². The average Bonchev–Trinajstić information content (AvgIpc) is 2.80. The van der Waals surface area contributed by atoms with Crippen molar-refractivity contribution in [2.24, 2.45) is 5.92 Å². The molecule has 2 aliphatic heterocycles. The minimum Gasteiger partial charge on any atom is -0.494 e. The minimum absolute atomic E-state index is 0.000925. The van der Waals surface area contributed by atoms with E-state index < -0.39 is 52.3 Å². The van der Waals surface area contributed by atoms with Crippen LogP contribution in [0, 0.1) is 17.6 Å². The first-order valence-electron chi connectivity index (χ1n) is 10.4. The van der Waals surface area contributed by atoms with Crippen molar-refractivity contribution in [2.45, 2.75) is 45.1 Å². The number of rotatable bonds is 6. The first-order chi connectivity index (χ1) is 15.2. The van der Waals surface area contributed by atoms with Gasteiger partial charge in [-0.2, -0.15) is 8.78 Å². The number of hydrogen-bond acceptors (Lipinski definition) is 3. The fourth-order valence-electron chi connectivity index (χ4n) is 3.88. The Morgan fingerprint density at radius 1 is 1.19 bits per heavy atom. The van der Waals surface area contributed by atoms with Crippen molar-refractivity contribution >= 4 is 5.83 Å². The summed E-state index contributed by atoms with van der Waals surface area (Å²) in [6, 6.07) is 0.941. The molecule has 0 bridgehead atoms. The van der Waals surface area contributed by atoms with E-state index in [4.69, 9.17) is 9.47 Å². The normalized spacial score (nSPS) is 23.2. The SMILES string of the molecule is C=C(OC)/C(F)=C1/Oc2c(cc(/C(F)=C(\F)C3CCC(CCC)CO3)c(F)c2F)CC1=C. The number of halogens is 5. The lowest BCUT2D eigenvalue weighted by atomic mass is 9.93. The van der Waals surface area contributed by atoms with Crippen LogP contribution in [0.1, 0.15) is 43.7 Å². The summed E-state index contributed by atoms with van der Waals surface area (Å²) in [6.45, 7) is 9.30. The molecule has 2 unspecified atom stereocenters. The summed E-state index contributed by atoms with van der Waals surface area (Å²) in [4.78, 5) is 0.